The van der Waals surface area contributed by atoms with Gasteiger partial charge in [-0.25, -0.2) is 4.98 Å². The van der Waals surface area contributed by atoms with Crippen LogP contribution in [0.25, 0.3) is 0 Å². The molecule has 2 atom stereocenters. The van der Waals surface area contributed by atoms with Crippen LogP contribution in [0.2, 0.25) is 0 Å². The third-order valence-corrected chi connectivity index (χ3v) is 3.55. The molecule has 1 aliphatic heterocycles. The van der Waals surface area contributed by atoms with E-state index < -0.39 is 0 Å². The molecule has 1 aromatic heterocycles. The summed E-state index contributed by atoms with van der Waals surface area (Å²) in [4.78, 5) is 6.44. The summed E-state index contributed by atoms with van der Waals surface area (Å²) in [6.45, 7) is 3.95. The number of nitrogens with zero attached hydrogens (tertiary/aromatic N) is 3. The van der Waals surface area contributed by atoms with E-state index in [1.807, 2.05) is 12.1 Å². The monoisotopic (exact) mass is 230 g/mol. The molecule has 0 aromatic carbocycles. The van der Waals surface area contributed by atoms with Crippen molar-refractivity contribution in [3.05, 3.63) is 24.0 Å². The van der Waals surface area contributed by atoms with E-state index >= 15 is 0 Å². The molecule has 2 rings (SSSR count). The molecular formula is C13H18N4. The van der Waals surface area contributed by atoms with Crippen molar-refractivity contribution in [2.45, 2.75) is 25.8 Å². The molecule has 0 radical (unpaired) electrons. The zero-order valence-corrected chi connectivity index (χ0v) is 10.1. The van der Waals surface area contributed by atoms with Crippen LogP contribution >= 0.6 is 0 Å². The van der Waals surface area contributed by atoms with Crippen molar-refractivity contribution in [2.24, 2.45) is 11.7 Å². The predicted molar refractivity (Wildman–Crippen MR) is 67.5 cm³/mol. The first kappa shape index (κ1) is 11.9. The summed E-state index contributed by atoms with van der Waals surface area (Å²) in [6, 6.07) is 6.15. The van der Waals surface area contributed by atoms with Crippen molar-refractivity contribution >= 4 is 5.69 Å². The Labute approximate surface area is 102 Å². The smallest absolute Gasteiger partial charge is 0.140 e. The summed E-state index contributed by atoms with van der Waals surface area (Å²) < 4.78 is 0. The average molecular weight is 230 g/mol. The van der Waals surface area contributed by atoms with Gasteiger partial charge in [-0.15, -0.1) is 0 Å². The lowest BCUT2D eigenvalue weighted by molar-refractivity contribution is 0.349. The highest BCUT2D eigenvalue weighted by Crippen LogP contribution is 2.27. The van der Waals surface area contributed by atoms with E-state index in [0.717, 1.165) is 12.2 Å². The van der Waals surface area contributed by atoms with E-state index in [9.17, 15) is 0 Å². The maximum Gasteiger partial charge on any atom is 0.140 e. The highest BCUT2D eigenvalue weighted by atomic mass is 15.2. The van der Waals surface area contributed by atoms with Crippen LogP contribution in [0.3, 0.4) is 0 Å². The number of pyridine rings is 1. The number of hydrogen-bond donors (Lipinski definition) is 1. The molecule has 0 spiro atoms. The third-order valence-electron chi connectivity index (χ3n) is 3.55. The molecule has 0 saturated carbocycles. The van der Waals surface area contributed by atoms with Gasteiger partial charge in [0.25, 0.3) is 0 Å². The Morgan fingerprint density at radius 3 is 3.00 bits per heavy atom. The molecule has 2 unspecified atom stereocenters. The fourth-order valence-electron chi connectivity index (χ4n) is 2.55. The molecular weight excluding hydrogens is 212 g/mol. The second kappa shape index (κ2) is 5.15. The summed E-state index contributed by atoms with van der Waals surface area (Å²) in [5.41, 5.74) is 7.40. The Kier molecular flexibility index (Phi) is 3.60. The molecule has 1 aliphatic rings. The van der Waals surface area contributed by atoms with Crippen molar-refractivity contribution in [1.82, 2.24) is 4.98 Å². The van der Waals surface area contributed by atoms with Gasteiger partial charge in [0.2, 0.25) is 0 Å². The third kappa shape index (κ3) is 2.40. The summed E-state index contributed by atoms with van der Waals surface area (Å²) in [6.07, 6.45) is 4.21. The zero-order valence-electron chi connectivity index (χ0n) is 10.1. The lowest BCUT2D eigenvalue weighted by atomic mass is 9.90. The number of piperidine rings is 1. The van der Waals surface area contributed by atoms with E-state index in [-0.39, 0.29) is 0 Å². The van der Waals surface area contributed by atoms with Gasteiger partial charge in [-0.05, 0) is 30.9 Å². The number of aromatic nitrogens is 1. The highest BCUT2D eigenvalue weighted by molar-refractivity contribution is 5.47. The van der Waals surface area contributed by atoms with E-state index in [1.54, 1.807) is 12.3 Å². The SMILES string of the molecule is CC1CCCN(c2ccc(C#N)nc2)C1CN. The molecule has 1 fully saturated rings. The molecule has 4 nitrogen and oxygen atoms in total. The lowest BCUT2D eigenvalue weighted by Crippen LogP contribution is -2.48. The Bertz CT molecular complexity index is 406. The first-order valence-electron chi connectivity index (χ1n) is 6.09. The van der Waals surface area contributed by atoms with Crippen LogP contribution in [0.5, 0.6) is 0 Å². The van der Waals surface area contributed by atoms with Crippen LogP contribution in [-0.4, -0.2) is 24.1 Å². The van der Waals surface area contributed by atoms with Gasteiger partial charge in [0.15, 0.2) is 0 Å². The number of nitriles is 1. The van der Waals surface area contributed by atoms with Crippen LogP contribution < -0.4 is 10.6 Å². The minimum absolute atomic E-state index is 0.387. The van der Waals surface area contributed by atoms with Gasteiger partial charge in [-0.2, -0.15) is 5.26 Å². The summed E-state index contributed by atoms with van der Waals surface area (Å²) in [5, 5.41) is 8.73. The Balaban J connectivity index is 2.21. The van der Waals surface area contributed by atoms with Crippen LogP contribution in [0.4, 0.5) is 5.69 Å². The largest absolute Gasteiger partial charge is 0.366 e. The second-order valence-electron chi connectivity index (χ2n) is 4.63. The molecule has 1 saturated heterocycles. The van der Waals surface area contributed by atoms with E-state index in [2.05, 4.69) is 16.8 Å². The average Bonchev–Trinajstić information content (AvgIpc) is 2.38. The van der Waals surface area contributed by atoms with Crippen LogP contribution in [0, 0.1) is 17.2 Å². The topological polar surface area (TPSA) is 65.9 Å². The van der Waals surface area contributed by atoms with Gasteiger partial charge in [0.05, 0.1) is 11.9 Å². The van der Waals surface area contributed by atoms with Crippen molar-refractivity contribution < 1.29 is 0 Å². The summed E-state index contributed by atoms with van der Waals surface area (Å²) >= 11 is 0. The van der Waals surface area contributed by atoms with Gasteiger partial charge in [-0.1, -0.05) is 6.92 Å². The standard InChI is InChI=1S/C13H18N4/c1-10-3-2-6-17(13(10)8-15)12-5-4-11(7-14)16-9-12/h4-5,9-10,13H,2-3,6,8,15H2,1H3. The molecule has 1 aromatic rings. The molecule has 0 aliphatic carbocycles. The highest BCUT2D eigenvalue weighted by Gasteiger charge is 2.27. The number of rotatable bonds is 2. The van der Waals surface area contributed by atoms with Crippen LogP contribution in [0.15, 0.2) is 18.3 Å². The fraction of sp³-hybridized carbons (Fsp3) is 0.538. The van der Waals surface area contributed by atoms with Gasteiger partial charge in [0.1, 0.15) is 11.8 Å². The Morgan fingerprint density at radius 2 is 2.41 bits per heavy atom. The summed E-state index contributed by atoms with van der Waals surface area (Å²) in [5.74, 6) is 0.615. The van der Waals surface area contributed by atoms with Crippen molar-refractivity contribution in [3.8, 4) is 6.07 Å². The molecule has 2 N–H and O–H groups in total. The van der Waals surface area contributed by atoms with Gasteiger partial charge in [0, 0.05) is 19.1 Å². The molecule has 4 heteroatoms. The maximum atomic E-state index is 8.73. The predicted octanol–water partition coefficient (Wildman–Crippen LogP) is 1.52. The first-order valence-corrected chi connectivity index (χ1v) is 6.09. The molecule has 17 heavy (non-hydrogen) atoms. The second-order valence-corrected chi connectivity index (χ2v) is 4.63. The number of hydrogen-bond acceptors (Lipinski definition) is 4. The summed E-state index contributed by atoms with van der Waals surface area (Å²) in [7, 11) is 0. The first-order chi connectivity index (χ1) is 8.26. The maximum absolute atomic E-state index is 8.73. The molecule has 0 bridgehead atoms. The van der Waals surface area contributed by atoms with Crippen LogP contribution in [-0.2, 0) is 0 Å². The quantitative estimate of drug-likeness (QED) is 0.836. The van der Waals surface area contributed by atoms with Gasteiger partial charge < -0.3 is 10.6 Å². The van der Waals surface area contributed by atoms with E-state index in [0.29, 0.717) is 24.2 Å². The van der Waals surface area contributed by atoms with Gasteiger partial charge in [-0.3, -0.25) is 0 Å². The van der Waals surface area contributed by atoms with E-state index in [4.69, 9.17) is 11.0 Å². The lowest BCUT2D eigenvalue weighted by Gasteiger charge is -2.40. The number of nitrogens with two attached hydrogens (primary N) is 1. The molecule has 2 heterocycles. The minimum Gasteiger partial charge on any atom is -0.366 e. The van der Waals surface area contributed by atoms with Gasteiger partial charge >= 0.3 is 0 Å². The van der Waals surface area contributed by atoms with Crippen molar-refractivity contribution in [2.75, 3.05) is 18.0 Å². The van der Waals surface area contributed by atoms with E-state index in [1.165, 1.54) is 12.8 Å². The minimum atomic E-state index is 0.387. The fourth-order valence-corrected chi connectivity index (χ4v) is 2.55. The molecule has 0 amide bonds. The Morgan fingerprint density at radius 1 is 1.59 bits per heavy atom. The molecule has 90 valence electrons. The van der Waals surface area contributed by atoms with Crippen molar-refractivity contribution in [3.63, 3.8) is 0 Å². The number of anilines is 1. The zero-order chi connectivity index (χ0) is 12.3. The normalized spacial score (nSPS) is 24.4. The van der Waals surface area contributed by atoms with Crippen LogP contribution in [0.1, 0.15) is 25.5 Å². The Hall–Kier alpha value is -1.60. The van der Waals surface area contributed by atoms with Crippen molar-refractivity contribution in [1.29, 1.82) is 5.26 Å².